The number of aromatic amines is 1. The molecule has 2 amide bonds. The lowest BCUT2D eigenvalue weighted by Crippen LogP contribution is -2.31. The summed E-state index contributed by atoms with van der Waals surface area (Å²) in [6, 6.07) is -0.361. The highest BCUT2D eigenvalue weighted by molar-refractivity contribution is 5.88. The molecule has 0 aliphatic heterocycles. The molecule has 2 aromatic heterocycles. The molecule has 0 aliphatic rings. The van der Waals surface area contributed by atoms with E-state index in [1.165, 1.54) is 18.7 Å². The molecule has 2 heterocycles. The van der Waals surface area contributed by atoms with Crippen molar-refractivity contribution in [2.45, 2.75) is 6.54 Å². The number of aromatic nitrogens is 4. The molecule has 0 atom stereocenters. The smallest absolute Gasteiger partial charge is 0.356 e. The third kappa shape index (κ3) is 3.56. The second-order valence-corrected chi connectivity index (χ2v) is 3.67. The first-order valence-electron chi connectivity index (χ1n) is 5.44. The molecule has 4 N–H and O–H groups in total. The van der Waals surface area contributed by atoms with Crippen molar-refractivity contribution in [3.8, 4) is 0 Å². The zero-order valence-electron chi connectivity index (χ0n) is 9.83. The van der Waals surface area contributed by atoms with Crippen LogP contribution in [0.25, 0.3) is 0 Å². The van der Waals surface area contributed by atoms with Crippen LogP contribution in [0, 0.1) is 0 Å². The van der Waals surface area contributed by atoms with Gasteiger partial charge in [-0.1, -0.05) is 0 Å². The number of nitrogens with zero attached hydrogens (tertiary/aromatic N) is 3. The van der Waals surface area contributed by atoms with Crippen LogP contribution in [0.3, 0.4) is 0 Å². The SMILES string of the molecule is O=C(NCCn1cnc(C(=O)O)c1)Nc1cn[nH]c1. The maximum Gasteiger partial charge on any atom is 0.356 e. The summed E-state index contributed by atoms with van der Waals surface area (Å²) >= 11 is 0. The Bertz CT molecular complexity index is 562. The van der Waals surface area contributed by atoms with E-state index in [-0.39, 0.29) is 11.7 Å². The Morgan fingerprint density at radius 2 is 2.32 bits per heavy atom. The minimum Gasteiger partial charge on any atom is -0.476 e. The molecular weight excluding hydrogens is 252 g/mol. The van der Waals surface area contributed by atoms with Crippen molar-refractivity contribution in [3.05, 3.63) is 30.6 Å². The normalized spacial score (nSPS) is 10.1. The number of amides is 2. The number of hydrogen-bond donors (Lipinski definition) is 4. The van der Waals surface area contributed by atoms with Crippen LogP contribution >= 0.6 is 0 Å². The number of urea groups is 1. The predicted octanol–water partition coefficient (Wildman–Crippen LogP) is 0.126. The first-order chi connectivity index (χ1) is 9.15. The molecule has 0 radical (unpaired) electrons. The molecule has 9 nitrogen and oxygen atoms in total. The Morgan fingerprint density at radius 1 is 1.47 bits per heavy atom. The van der Waals surface area contributed by atoms with Crippen molar-refractivity contribution in [3.63, 3.8) is 0 Å². The van der Waals surface area contributed by atoms with Crippen LogP contribution in [0.5, 0.6) is 0 Å². The van der Waals surface area contributed by atoms with Gasteiger partial charge in [0, 0.05) is 25.5 Å². The van der Waals surface area contributed by atoms with Gasteiger partial charge in [0.25, 0.3) is 0 Å². The number of carbonyl (C=O) groups excluding carboxylic acids is 1. The molecule has 0 spiro atoms. The van der Waals surface area contributed by atoms with E-state index in [1.54, 1.807) is 10.8 Å². The Labute approximate surface area is 107 Å². The zero-order chi connectivity index (χ0) is 13.7. The van der Waals surface area contributed by atoms with Gasteiger partial charge < -0.3 is 20.3 Å². The van der Waals surface area contributed by atoms with Gasteiger partial charge in [0.2, 0.25) is 0 Å². The number of carboxylic acid groups (broad SMARTS) is 1. The van der Waals surface area contributed by atoms with E-state index in [9.17, 15) is 9.59 Å². The molecule has 0 bridgehead atoms. The molecular formula is C10H12N6O3. The number of H-pyrrole nitrogens is 1. The highest BCUT2D eigenvalue weighted by Gasteiger charge is 2.06. The van der Waals surface area contributed by atoms with E-state index in [2.05, 4.69) is 25.8 Å². The number of nitrogens with one attached hydrogen (secondary N) is 3. The Hall–Kier alpha value is -2.84. The lowest BCUT2D eigenvalue weighted by atomic mass is 10.5. The van der Waals surface area contributed by atoms with Crippen molar-refractivity contribution >= 4 is 17.7 Å². The van der Waals surface area contributed by atoms with Gasteiger partial charge in [-0.2, -0.15) is 5.10 Å². The number of imidazole rings is 1. The summed E-state index contributed by atoms with van der Waals surface area (Å²) < 4.78 is 1.58. The fourth-order valence-corrected chi connectivity index (χ4v) is 1.39. The van der Waals surface area contributed by atoms with Gasteiger partial charge in [-0.05, 0) is 0 Å². The van der Waals surface area contributed by atoms with E-state index >= 15 is 0 Å². The van der Waals surface area contributed by atoms with Crippen LogP contribution in [0.1, 0.15) is 10.5 Å². The fourth-order valence-electron chi connectivity index (χ4n) is 1.39. The van der Waals surface area contributed by atoms with E-state index in [1.807, 2.05) is 0 Å². The van der Waals surface area contributed by atoms with Crippen molar-refractivity contribution in [2.75, 3.05) is 11.9 Å². The summed E-state index contributed by atoms with van der Waals surface area (Å²) in [5, 5.41) is 20.1. The largest absolute Gasteiger partial charge is 0.476 e. The third-order valence-corrected chi connectivity index (χ3v) is 2.26. The van der Waals surface area contributed by atoms with E-state index in [0.717, 1.165) is 0 Å². The molecule has 9 heteroatoms. The highest BCUT2D eigenvalue weighted by atomic mass is 16.4. The van der Waals surface area contributed by atoms with Crippen LogP contribution < -0.4 is 10.6 Å². The van der Waals surface area contributed by atoms with Crippen LogP contribution in [0.4, 0.5) is 10.5 Å². The second-order valence-electron chi connectivity index (χ2n) is 3.67. The molecule has 0 fully saturated rings. The van der Waals surface area contributed by atoms with Gasteiger partial charge in [-0.25, -0.2) is 14.6 Å². The summed E-state index contributed by atoms with van der Waals surface area (Å²) in [5.41, 5.74) is 0.538. The average Bonchev–Trinajstić information content (AvgIpc) is 3.00. The van der Waals surface area contributed by atoms with Gasteiger partial charge in [0.1, 0.15) is 0 Å². The summed E-state index contributed by atoms with van der Waals surface area (Å²) in [6.07, 6.45) is 5.83. The summed E-state index contributed by atoms with van der Waals surface area (Å²) in [4.78, 5) is 25.7. The quantitative estimate of drug-likeness (QED) is 0.610. The first-order valence-corrected chi connectivity index (χ1v) is 5.44. The maximum atomic E-state index is 11.4. The van der Waals surface area contributed by atoms with Crippen molar-refractivity contribution in [1.29, 1.82) is 0 Å². The maximum absolute atomic E-state index is 11.4. The fraction of sp³-hybridized carbons (Fsp3) is 0.200. The molecule has 0 aromatic carbocycles. The Kier molecular flexibility index (Phi) is 3.76. The lowest BCUT2D eigenvalue weighted by molar-refractivity contribution is 0.0691. The van der Waals surface area contributed by atoms with Gasteiger partial charge >= 0.3 is 12.0 Å². The minimum atomic E-state index is -1.08. The second kappa shape index (κ2) is 5.67. The average molecular weight is 264 g/mol. The third-order valence-electron chi connectivity index (χ3n) is 2.26. The molecule has 0 saturated heterocycles. The standard InChI is InChI=1S/C10H12N6O3/c17-9(18)8-5-16(6-12-8)2-1-11-10(19)15-7-3-13-14-4-7/h3-6H,1-2H2,(H,13,14)(H,17,18)(H2,11,15,19). The number of carbonyl (C=O) groups is 2. The molecule has 0 unspecified atom stereocenters. The first kappa shape index (κ1) is 12.6. The molecule has 19 heavy (non-hydrogen) atoms. The van der Waals surface area contributed by atoms with Crippen molar-refractivity contribution in [1.82, 2.24) is 25.1 Å². The molecule has 0 aliphatic carbocycles. The molecule has 0 saturated carbocycles. The van der Waals surface area contributed by atoms with Gasteiger partial charge in [-0.3, -0.25) is 5.10 Å². The van der Waals surface area contributed by atoms with Crippen molar-refractivity contribution < 1.29 is 14.7 Å². The lowest BCUT2D eigenvalue weighted by Gasteiger charge is -2.05. The van der Waals surface area contributed by atoms with E-state index in [4.69, 9.17) is 5.11 Å². The molecule has 2 rings (SSSR count). The molecule has 2 aromatic rings. The van der Waals surface area contributed by atoms with E-state index in [0.29, 0.717) is 18.8 Å². The van der Waals surface area contributed by atoms with Crippen LogP contribution in [0.15, 0.2) is 24.9 Å². The van der Waals surface area contributed by atoms with Crippen molar-refractivity contribution in [2.24, 2.45) is 0 Å². The number of anilines is 1. The van der Waals surface area contributed by atoms with Crippen LogP contribution in [-0.2, 0) is 6.54 Å². The van der Waals surface area contributed by atoms with Gasteiger partial charge in [0.05, 0.1) is 18.2 Å². The summed E-state index contributed by atoms with van der Waals surface area (Å²) in [7, 11) is 0. The topological polar surface area (TPSA) is 125 Å². The Morgan fingerprint density at radius 3 is 2.95 bits per heavy atom. The number of rotatable bonds is 5. The van der Waals surface area contributed by atoms with Gasteiger partial charge in [-0.15, -0.1) is 0 Å². The number of carboxylic acids is 1. The monoisotopic (exact) mass is 264 g/mol. The number of hydrogen-bond acceptors (Lipinski definition) is 4. The minimum absolute atomic E-state index is 0.0251. The predicted molar refractivity (Wildman–Crippen MR) is 64.8 cm³/mol. The zero-order valence-corrected chi connectivity index (χ0v) is 9.83. The van der Waals surface area contributed by atoms with Gasteiger partial charge in [0.15, 0.2) is 5.69 Å². The summed E-state index contributed by atoms with van der Waals surface area (Å²) in [5.74, 6) is -1.08. The summed E-state index contributed by atoms with van der Waals surface area (Å²) in [6.45, 7) is 0.776. The molecule has 100 valence electrons. The van der Waals surface area contributed by atoms with Crippen LogP contribution in [0.2, 0.25) is 0 Å². The number of aromatic carboxylic acids is 1. The van der Waals surface area contributed by atoms with E-state index < -0.39 is 5.97 Å². The highest BCUT2D eigenvalue weighted by Crippen LogP contribution is 2.00. The van der Waals surface area contributed by atoms with Crippen LogP contribution in [-0.4, -0.2) is 43.4 Å². The Balaban J connectivity index is 1.73.